The van der Waals surface area contributed by atoms with Crippen LogP contribution in [0.15, 0.2) is 60.7 Å². The van der Waals surface area contributed by atoms with E-state index in [-0.39, 0.29) is 30.2 Å². The van der Waals surface area contributed by atoms with E-state index in [2.05, 4.69) is 5.32 Å². The first-order valence-corrected chi connectivity index (χ1v) is 8.39. The molecule has 0 saturated carbocycles. The molecule has 1 fully saturated rings. The van der Waals surface area contributed by atoms with Crippen LogP contribution in [0.2, 0.25) is 0 Å². The third-order valence-electron chi connectivity index (χ3n) is 4.49. The number of hydrogen-bond acceptors (Lipinski definition) is 2. The highest BCUT2D eigenvalue weighted by Gasteiger charge is 2.35. The van der Waals surface area contributed by atoms with Crippen LogP contribution in [0.5, 0.6) is 0 Å². The van der Waals surface area contributed by atoms with Gasteiger partial charge in [0.1, 0.15) is 0 Å². The molecule has 1 saturated heterocycles. The summed E-state index contributed by atoms with van der Waals surface area (Å²) in [5, 5.41) is 3.10. The normalized spacial score (nSPS) is 18.5. The highest BCUT2D eigenvalue weighted by molar-refractivity contribution is 6.00. The molecule has 1 aliphatic rings. The number of nitrogens with zero attached hydrogens (tertiary/aromatic N) is 1. The van der Waals surface area contributed by atoms with Crippen molar-refractivity contribution in [1.29, 1.82) is 0 Å². The van der Waals surface area contributed by atoms with Crippen molar-refractivity contribution >= 4 is 17.5 Å². The smallest absolute Gasteiger partial charge is 0.227 e. The monoisotopic (exact) mass is 322 g/mol. The van der Waals surface area contributed by atoms with Gasteiger partial charge in [-0.3, -0.25) is 9.59 Å². The van der Waals surface area contributed by atoms with Crippen molar-refractivity contribution in [3.05, 3.63) is 66.2 Å². The van der Waals surface area contributed by atoms with Gasteiger partial charge in [0.05, 0.1) is 12.0 Å². The number of carbonyl (C=O) groups excluding carboxylic acids is 2. The van der Waals surface area contributed by atoms with Crippen molar-refractivity contribution < 1.29 is 9.59 Å². The zero-order chi connectivity index (χ0) is 16.9. The first kappa shape index (κ1) is 16.2. The van der Waals surface area contributed by atoms with E-state index in [9.17, 15) is 9.59 Å². The van der Waals surface area contributed by atoms with E-state index in [0.29, 0.717) is 6.54 Å². The van der Waals surface area contributed by atoms with Gasteiger partial charge in [0.25, 0.3) is 0 Å². The standard InChI is InChI=1S/C20H22N2O2/c1-2-18(15-9-5-3-6-10-15)21-20(24)16-13-19(23)22(14-16)17-11-7-4-8-12-17/h3-12,16,18H,2,13-14H2,1H3,(H,21,24)/t16-,18-/m0/s1. The second-order valence-corrected chi connectivity index (χ2v) is 6.12. The molecule has 0 bridgehead atoms. The largest absolute Gasteiger partial charge is 0.349 e. The Kier molecular flexibility index (Phi) is 4.94. The quantitative estimate of drug-likeness (QED) is 0.918. The summed E-state index contributed by atoms with van der Waals surface area (Å²) in [6.45, 7) is 2.49. The van der Waals surface area contributed by atoms with Crippen molar-refractivity contribution in [3.8, 4) is 0 Å². The highest BCUT2D eigenvalue weighted by atomic mass is 16.2. The third-order valence-corrected chi connectivity index (χ3v) is 4.49. The van der Waals surface area contributed by atoms with Crippen LogP contribution in [0.1, 0.15) is 31.4 Å². The van der Waals surface area contributed by atoms with Gasteiger partial charge < -0.3 is 10.2 Å². The Morgan fingerprint density at radius 1 is 1.12 bits per heavy atom. The summed E-state index contributed by atoms with van der Waals surface area (Å²) in [4.78, 5) is 26.6. The maximum absolute atomic E-state index is 12.6. The summed E-state index contributed by atoms with van der Waals surface area (Å²) < 4.78 is 0. The van der Waals surface area contributed by atoms with Gasteiger partial charge in [-0.05, 0) is 24.1 Å². The molecule has 2 aromatic carbocycles. The lowest BCUT2D eigenvalue weighted by atomic mass is 10.0. The molecule has 4 heteroatoms. The topological polar surface area (TPSA) is 49.4 Å². The van der Waals surface area contributed by atoms with E-state index in [1.165, 1.54) is 0 Å². The number of amides is 2. The minimum atomic E-state index is -0.296. The number of hydrogen-bond donors (Lipinski definition) is 1. The zero-order valence-electron chi connectivity index (χ0n) is 13.8. The van der Waals surface area contributed by atoms with E-state index >= 15 is 0 Å². The van der Waals surface area contributed by atoms with Crippen LogP contribution in [0.3, 0.4) is 0 Å². The molecule has 0 spiro atoms. The fraction of sp³-hybridized carbons (Fsp3) is 0.300. The fourth-order valence-electron chi connectivity index (χ4n) is 3.14. The van der Waals surface area contributed by atoms with Gasteiger partial charge in [-0.2, -0.15) is 0 Å². The molecule has 0 unspecified atom stereocenters. The molecule has 1 aliphatic heterocycles. The molecule has 1 N–H and O–H groups in total. The second-order valence-electron chi connectivity index (χ2n) is 6.12. The van der Waals surface area contributed by atoms with Crippen LogP contribution in [-0.2, 0) is 9.59 Å². The van der Waals surface area contributed by atoms with Crippen LogP contribution in [-0.4, -0.2) is 18.4 Å². The van der Waals surface area contributed by atoms with Gasteiger partial charge in [0, 0.05) is 18.7 Å². The van der Waals surface area contributed by atoms with Gasteiger partial charge in [0.15, 0.2) is 0 Å². The van der Waals surface area contributed by atoms with Crippen molar-refractivity contribution in [2.75, 3.05) is 11.4 Å². The molecule has 2 amide bonds. The number of carbonyl (C=O) groups is 2. The van der Waals surface area contributed by atoms with Crippen molar-refractivity contribution in [1.82, 2.24) is 5.32 Å². The molecule has 1 heterocycles. The van der Waals surface area contributed by atoms with E-state index < -0.39 is 0 Å². The van der Waals surface area contributed by atoms with Gasteiger partial charge in [-0.1, -0.05) is 55.5 Å². The lowest BCUT2D eigenvalue weighted by Gasteiger charge is -2.20. The van der Waals surface area contributed by atoms with Gasteiger partial charge in [-0.25, -0.2) is 0 Å². The van der Waals surface area contributed by atoms with Gasteiger partial charge >= 0.3 is 0 Å². The molecule has 3 rings (SSSR count). The van der Waals surface area contributed by atoms with Crippen molar-refractivity contribution in [2.45, 2.75) is 25.8 Å². The molecule has 4 nitrogen and oxygen atoms in total. The van der Waals surface area contributed by atoms with E-state index in [1.807, 2.05) is 67.6 Å². The molecule has 2 atom stereocenters. The molecule has 0 aromatic heterocycles. The summed E-state index contributed by atoms with van der Waals surface area (Å²) in [5.74, 6) is -0.331. The summed E-state index contributed by atoms with van der Waals surface area (Å²) in [6, 6.07) is 19.5. The average Bonchev–Trinajstić information content (AvgIpc) is 3.03. The molecule has 0 radical (unpaired) electrons. The zero-order valence-corrected chi connectivity index (χ0v) is 13.8. The predicted molar refractivity (Wildman–Crippen MR) is 94.5 cm³/mol. The van der Waals surface area contributed by atoms with Gasteiger partial charge in [-0.15, -0.1) is 0 Å². The molecule has 0 aliphatic carbocycles. The Morgan fingerprint density at radius 2 is 1.75 bits per heavy atom. The Hall–Kier alpha value is -2.62. The Balaban J connectivity index is 1.67. The Morgan fingerprint density at radius 3 is 2.38 bits per heavy atom. The maximum Gasteiger partial charge on any atom is 0.227 e. The highest BCUT2D eigenvalue weighted by Crippen LogP contribution is 2.26. The summed E-state index contributed by atoms with van der Waals surface area (Å²) >= 11 is 0. The fourth-order valence-corrected chi connectivity index (χ4v) is 3.14. The average molecular weight is 322 g/mol. The molecular weight excluding hydrogens is 300 g/mol. The minimum Gasteiger partial charge on any atom is -0.349 e. The first-order chi connectivity index (χ1) is 11.7. The van der Waals surface area contributed by atoms with Crippen LogP contribution in [0, 0.1) is 5.92 Å². The Labute approximate surface area is 142 Å². The summed E-state index contributed by atoms with van der Waals surface area (Å²) in [7, 11) is 0. The number of benzene rings is 2. The molecular formula is C20H22N2O2. The maximum atomic E-state index is 12.6. The van der Waals surface area contributed by atoms with Crippen LogP contribution < -0.4 is 10.2 Å². The molecule has 24 heavy (non-hydrogen) atoms. The SMILES string of the molecule is CC[C@H](NC(=O)[C@H]1CC(=O)N(c2ccccc2)C1)c1ccccc1. The first-order valence-electron chi connectivity index (χ1n) is 8.39. The number of rotatable bonds is 5. The molecule has 124 valence electrons. The number of nitrogens with one attached hydrogen (secondary N) is 1. The van der Waals surface area contributed by atoms with Crippen LogP contribution in [0.25, 0.3) is 0 Å². The van der Waals surface area contributed by atoms with Gasteiger partial charge in [0.2, 0.25) is 11.8 Å². The van der Waals surface area contributed by atoms with E-state index in [4.69, 9.17) is 0 Å². The van der Waals surface area contributed by atoms with Crippen LogP contribution in [0.4, 0.5) is 5.69 Å². The lowest BCUT2D eigenvalue weighted by Crippen LogP contribution is -2.35. The number of para-hydroxylation sites is 1. The summed E-state index contributed by atoms with van der Waals surface area (Å²) in [5.41, 5.74) is 1.95. The van der Waals surface area contributed by atoms with E-state index in [0.717, 1.165) is 17.7 Å². The minimum absolute atomic E-state index is 0.00843. The molecule has 2 aromatic rings. The second kappa shape index (κ2) is 7.30. The Bertz CT molecular complexity index is 700. The third kappa shape index (κ3) is 3.48. The summed E-state index contributed by atoms with van der Waals surface area (Å²) in [6.07, 6.45) is 1.09. The van der Waals surface area contributed by atoms with E-state index in [1.54, 1.807) is 4.90 Å². The lowest BCUT2D eigenvalue weighted by molar-refractivity contribution is -0.127. The van der Waals surface area contributed by atoms with Crippen molar-refractivity contribution in [2.24, 2.45) is 5.92 Å². The van der Waals surface area contributed by atoms with Crippen LogP contribution >= 0.6 is 0 Å². The predicted octanol–water partition coefficient (Wildman–Crippen LogP) is 3.31. The number of anilines is 1. The van der Waals surface area contributed by atoms with Crippen molar-refractivity contribution in [3.63, 3.8) is 0 Å².